The summed E-state index contributed by atoms with van der Waals surface area (Å²) in [5.41, 5.74) is 3.68. The Morgan fingerprint density at radius 3 is 2.65 bits per heavy atom. The molecule has 1 rings (SSSR count). The molecule has 0 radical (unpaired) electrons. The summed E-state index contributed by atoms with van der Waals surface area (Å²) in [5.74, 6) is 12.8. The molecule has 0 amide bonds. The number of benzene rings is 1. The lowest BCUT2D eigenvalue weighted by molar-refractivity contribution is 0.347. The van der Waals surface area contributed by atoms with Gasteiger partial charge in [-0.05, 0) is 13.0 Å². The first-order chi connectivity index (χ1) is 8.28. The van der Waals surface area contributed by atoms with E-state index < -0.39 is 0 Å². The molecule has 0 saturated heterocycles. The van der Waals surface area contributed by atoms with Crippen molar-refractivity contribution in [2.75, 3.05) is 14.2 Å². The highest BCUT2D eigenvalue weighted by molar-refractivity contribution is 5.48. The van der Waals surface area contributed by atoms with E-state index in [4.69, 9.17) is 15.3 Å². The third kappa shape index (κ3) is 3.13. The summed E-state index contributed by atoms with van der Waals surface area (Å²) in [7, 11) is 3.22. The topological polar surface area (TPSA) is 56.5 Å². The van der Waals surface area contributed by atoms with Crippen LogP contribution >= 0.6 is 0 Å². The van der Waals surface area contributed by atoms with Gasteiger partial charge in [0.25, 0.3) is 0 Å². The molecule has 1 aromatic rings. The zero-order valence-electron chi connectivity index (χ0n) is 10.4. The lowest BCUT2D eigenvalue weighted by Gasteiger charge is -2.18. The molecule has 4 nitrogen and oxygen atoms in total. The number of nitrogens with one attached hydrogen (secondary N) is 1. The molecule has 0 aliphatic rings. The van der Waals surface area contributed by atoms with Crippen LogP contribution in [-0.4, -0.2) is 14.2 Å². The Labute approximate surface area is 102 Å². The Hall–Kier alpha value is -1.70. The fraction of sp³-hybridized carbons (Fsp3) is 0.385. The summed E-state index contributed by atoms with van der Waals surface area (Å²) in [5, 5.41) is 0. The van der Waals surface area contributed by atoms with Crippen LogP contribution in [0.15, 0.2) is 18.2 Å². The molecule has 4 heteroatoms. The number of hydrogen-bond donors (Lipinski definition) is 2. The van der Waals surface area contributed by atoms with Crippen molar-refractivity contribution in [3.63, 3.8) is 0 Å². The van der Waals surface area contributed by atoms with E-state index in [1.807, 2.05) is 18.2 Å². The highest BCUT2D eigenvalue weighted by Gasteiger charge is 2.17. The number of hydrogen-bond acceptors (Lipinski definition) is 4. The van der Waals surface area contributed by atoms with E-state index in [0.29, 0.717) is 17.9 Å². The van der Waals surface area contributed by atoms with E-state index >= 15 is 0 Å². The van der Waals surface area contributed by atoms with Gasteiger partial charge in [0.15, 0.2) is 11.5 Å². The fourth-order valence-corrected chi connectivity index (χ4v) is 1.65. The Kier molecular flexibility index (Phi) is 5.34. The third-order valence-electron chi connectivity index (χ3n) is 2.49. The van der Waals surface area contributed by atoms with E-state index in [9.17, 15) is 0 Å². The number of ether oxygens (including phenoxy) is 2. The number of methoxy groups -OCH3 is 2. The molecule has 0 saturated carbocycles. The second-order valence-electron chi connectivity index (χ2n) is 3.43. The molecule has 1 aromatic carbocycles. The molecular weight excluding hydrogens is 216 g/mol. The van der Waals surface area contributed by atoms with Crippen molar-refractivity contribution >= 4 is 0 Å². The molecule has 1 unspecified atom stereocenters. The van der Waals surface area contributed by atoms with Gasteiger partial charge in [-0.25, -0.2) is 0 Å². The van der Waals surface area contributed by atoms with Crippen LogP contribution in [0.1, 0.15) is 24.9 Å². The highest BCUT2D eigenvalue weighted by atomic mass is 16.5. The lowest BCUT2D eigenvalue weighted by atomic mass is 10.0. The molecule has 0 aliphatic heterocycles. The average Bonchev–Trinajstić information content (AvgIpc) is 2.39. The number of rotatable bonds is 5. The fourth-order valence-electron chi connectivity index (χ4n) is 1.65. The number of para-hydroxylation sites is 1. The number of nitrogens with two attached hydrogens (primary N) is 1. The molecule has 0 aromatic heterocycles. The number of hydrazine groups is 1. The molecular formula is C13H18N2O2. The second kappa shape index (κ2) is 6.79. The predicted octanol–water partition coefficient (Wildman–Crippen LogP) is 1.62. The first-order valence-corrected chi connectivity index (χ1v) is 5.35. The maximum atomic E-state index is 5.55. The minimum absolute atomic E-state index is 0.0764. The summed E-state index contributed by atoms with van der Waals surface area (Å²) in [6, 6.07) is 5.62. The van der Waals surface area contributed by atoms with E-state index in [-0.39, 0.29) is 6.04 Å². The van der Waals surface area contributed by atoms with Crippen LogP contribution in [0.25, 0.3) is 0 Å². The third-order valence-corrected chi connectivity index (χ3v) is 2.49. The Morgan fingerprint density at radius 1 is 1.35 bits per heavy atom. The smallest absolute Gasteiger partial charge is 0.165 e. The quantitative estimate of drug-likeness (QED) is 0.462. The van der Waals surface area contributed by atoms with Crippen molar-refractivity contribution < 1.29 is 9.47 Å². The molecule has 3 N–H and O–H groups in total. The van der Waals surface area contributed by atoms with Crippen molar-refractivity contribution in [1.82, 2.24) is 5.43 Å². The molecule has 17 heavy (non-hydrogen) atoms. The normalized spacial score (nSPS) is 11.3. The zero-order chi connectivity index (χ0) is 12.7. The average molecular weight is 234 g/mol. The van der Waals surface area contributed by atoms with E-state index in [1.165, 1.54) is 0 Å². The van der Waals surface area contributed by atoms with Gasteiger partial charge < -0.3 is 9.47 Å². The standard InChI is InChI=1S/C13H18N2O2/c1-4-5-8-11(15-14)10-7-6-9-12(16-2)13(10)17-3/h6-7,9,11,15H,8,14H2,1-3H3. The van der Waals surface area contributed by atoms with Crippen molar-refractivity contribution in [2.24, 2.45) is 5.84 Å². The summed E-state index contributed by atoms with van der Waals surface area (Å²) >= 11 is 0. The first-order valence-electron chi connectivity index (χ1n) is 5.35. The van der Waals surface area contributed by atoms with Crippen molar-refractivity contribution in [2.45, 2.75) is 19.4 Å². The minimum Gasteiger partial charge on any atom is -0.493 e. The van der Waals surface area contributed by atoms with E-state index in [2.05, 4.69) is 17.3 Å². The molecule has 0 spiro atoms. The highest BCUT2D eigenvalue weighted by Crippen LogP contribution is 2.35. The second-order valence-corrected chi connectivity index (χ2v) is 3.43. The summed E-state index contributed by atoms with van der Waals surface area (Å²) < 4.78 is 10.6. The summed E-state index contributed by atoms with van der Waals surface area (Å²) in [6.07, 6.45) is 0.622. The monoisotopic (exact) mass is 234 g/mol. The molecule has 0 bridgehead atoms. The van der Waals surface area contributed by atoms with Gasteiger partial charge >= 0.3 is 0 Å². The van der Waals surface area contributed by atoms with Crippen LogP contribution in [0, 0.1) is 11.8 Å². The molecule has 0 aliphatic carbocycles. The largest absolute Gasteiger partial charge is 0.493 e. The molecule has 1 atom stereocenters. The van der Waals surface area contributed by atoms with Crippen LogP contribution in [0.2, 0.25) is 0 Å². The van der Waals surface area contributed by atoms with Crippen LogP contribution in [-0.2, 0) is 0 Å². The summed E-state index contributed by atoms with van der Waals surface area (Å²) in [4.78, 5) is 0. The van der Waals surface area contributed by atoms with Gasteiger partial charge in [0, 0.05) is 12.0 Å². The van der Waals surface area contributed by atoms with Crippen LogP contribution in [0.4, 0.5) is 0 Å². The van der Waals surface area contributed by atoms with Gasteiger partial charge in [-0.2, -0.15) is 0 Å². The molecule has 92 valence electrons. The van der Waals surface area contributed by atoms with Gasteiger partial charge in [-0.3, -0.25) is 11.3 Å². The van der Waals surface area contributed by atoms with Crippen LogP contribution in [0.5, 0.6) is 11.5 Å². The van der Waals surface area contributed by atoms with E-state index in [1.54, 1.807) is 21.1 Å². The first kappa shape index (κ1) is 13.4. The lowest BCUT2D eigenvalue weighted by Crippen LogP contribution is -2.28. The SMILES string of the molecule is CC#CCC(NN)c1cccc(OC)c1OC. The van der Waals surface area contributed by atoms with Gasteiger partial charge in [-0.15, -0.1) is 11.8 Å². The van der Waals surface area contributed by atoms with Gasteiger partial charge in [-0.1, -0.05) is 12.1 Å². The Bertz CT molecular complexity index is 421. The summed E-state index contributed by atoms with van der Waals surface area (Å²) in [6.45, 7) is 1.80. The van der Waals surface area contributed by atoms with Gasteiger partial charge in [0.05, 0.1) is 20.3 Å². The maximum absolute atomic E-state index is 5.55. The molecule has 0 fully saturated rings. The molecule has 0 heterocycles. The van der Waals surface area contributed by atoms with Crippen LogP contribution < -0.4 is 20.7 Å². The van der Waals surface area contributed by atoms with E-state index in [0.717, 1.165) is 5.56 Å². The minimum atomic E-state index is -0.0764. The Balaban J connectivity index is 3.12. The van der Waals surface area contributed by atoms with Crippen molar-refractivity contribution in [3.8, 4) is 23.3 Å². The zero-order valence-corrected chi connectivity index (χ0v) is 10.4. The maximum Gasteiger partial charge on any atom is 0.165 e. The van der Waals surface area contributed by atoms with Gasteiger partial charge in [0.2, 0.25) is 0 Å². The predicted molar refractivity (Wildman–Crippen MR) is 67.7 cm³/mol. The van der Waals surface area contributed by atoms with Crippen molar-refractivity contribution in [3.05, 3.63) is 23.8 Å². The van der Waals surface area contributed by atoms with Crippen molar-refractivity contribution in [1.29, 1.82) is 0 Å². The van der Waals surface area contributed by atoms with Crippen LogP contribution in [0.3, 0.4) is 0 Å². The Morgan fingerprint density at radius 2 is 2.12 bits per heavy atom. The van der Waals surface area contributed by atoms with Gasteiger partial charge in [0.1, 0.15) is 0 Å².